The second kappa shape index (κ2) is 48.2. The molecule has 0 aromatic heterocycles. The Bertz CT molecular complexity index is 1140. The van der Waals surface area contributed by atoms with Crippen LogP contribution < -0.4 is 0 Å². The molecular weight excluding hydrogens is 717 g/mol. The second-order valence-electron chi connectivity index (χ2n) is 15.2. The zero-order valence-corrected chi connectivity index (χ0v) is 37.8. The summed E-state index contributed by atoms with van der Waals surface area (Å²) in [7, 11) is 0. The summed E-state index contributed by atoms with van der Waals surface area (Å²) in [5, 5.41) is 0. The average Bonchev–Trinajstić information content (AvgIpc) is 3.22. The zero-order valence-electron chi connectivity index (χ0n) is 37.8. The van der Waals surface area contributed by atoms with Gasteiger partial charge in [0.15, 0.2) is 6.10 Å². The van der Waals surface area contributed by atoms with Crippen LogP contribution >= 0.6 is 0 Å². The van der Waals surface area contributed by atoms with Crippen LogP contribution in [0.3, 0.4) is 0 Å². The first-order valence-corrected chi connectivity index (χ1v) is 23.8. The molecule has 0 aliphatic carbocycles. The van der Waals surface area contributed by atoms with Gasteiger partial charge >= 0.3 is 11.9 Å². The third-order valence-corrected chi connectivity index (χ3v) is 9.60. The van der Waals surface area contributed by atoms with Gasteiger partial charge in [-0.05, 0) is 103 Å². The summed E-state index contributed by atoms with van der Waals surface area (Å²) in [5.74, 6) is -0.534. The zero-order chi connectivity index (χ0) is 42.1. The normalized spacial score (nSPS) is 13.1. The third-order valence-electron chi connectivity index (χ3n) is 9.60. The smallest absolute Gasteiger partial charge is 0.306 e. The minimum absolute atomic E-state index is 0.0281. The number of rotatable bonds is 42. The Morgan fingerprint density at radius 1 is 0.397 bits per heavy atom. The Morgan fingerprint density at radius 3 is 1.33 bits per heavy atom. The van der Waals surface area contributed by atoms with Gasteiger partial charge in [-0.3, -0.25) is 9.59 Å². The molecule has 0 fully saturated rings. The summed E-state index contributed by atoms with van der Waals surface area (Å²) >= 11 is 0. The van der Waals surface area contributed by atoms with Crippen LogP contribution in [0.15, 0.2) is 97.2 Å². The van der Waals surface area contributed by atoms with Crippen LogP contribution in [0.2, 0.25) is 0 Å². The minimum atomic E-state index is -0.587. The standard InChI is InChI=1S/C53H88O5/c1-4-7-10-13-16-19-22-25-26-27-30-33-36-39-42-45-48-56-49-51(58-53(55)47-44-41-38-35-32-29-24-21-18-15-12-9-6-3)50-57-52(54)46-43-40-37-34-31-28-23-20-17-14-11-8-5-2/h8-9,11-12,17-18,20-21,25-26,28-29,31-32,37,40,51H,4-7,10,13-16,19,22-24,27,30,33-36,38-39,41-50H2,1-3H3/b11-8-,12-9-,20-17-,21-18-,26-25-,31-28-,32-29-,40-37-. The van der Waals surface area contributed by atoms with Crippen LogP contribution in [0.4, 0.5) is 0 Å². The van der Waals surface area contributed by atoms with Gasteiger partial charge in [0.1, 0.15) is 6.61 Å². The molecule has 330 valence electrons. The molecule has 1 atom stereocenters. The SMILES string of the molecule is CC/C=C\C/C=C\C/C=C\C/C=C\CCC(=O)OCC(COCCCCCCCC/C=C\CCCCCCCC)OC(=O)CCCCC/C=C\C/C=C\C/C=C\CC. The molecule has 0 rings (SSSR count). The number of carbonyl (C=O) groups is 2. The van der Waals surface area contributed by atoms with Crippen molar-refractivity contribution in [1.82, 2.24) is 0 Å². The van der Waals surface area contributed by atoms with Crippen molar-refractivity contribution in [2.45, 2.75) is 207 Å². The van der Waals surface area contributed by atoms with Gasteiger partial charge in [-0.1, -0.05) is 182 Å². The summed E-state index contributed by atoms with van der Waals surface area (Å²) in [5.41, 5.74) is 0. The van der Waals surface area contributed by atoms with Crippen LogP contribution in [0, 0.1) is 0 Å². The first kappa shape index (κ1) is 54.8. The fraction of sp³-hybridized carbons (Fsp3) is 0.660. The lowest BCUT2D eigenvalue weighted by Gasteiger charge is -2.18. The number of ether oxygens (including phenoxy) is 3. The topological polar surface area (TPSA) is 61.8 Å². The number of hydrogen-bond donors (Lipinski definition) is 0. The first-order chi connectivity index (χ1) is 28.6. The van der Waals surface area contributed by atoms with E-state index in [-0.39, 0.29) is 25.2 Å². The van der Waals surface area contributed by atoms with Crippen molar-refractivity contribution >= 4 is 11.9 Å². The molecule has 0 saturated carbocycles. The maximum atomic E-state index is 12.7. The molecule has 0 heterocycles. The highest BCUT2D eigenvalue weighted by molar-refractivity contribution is 5.70. The fourth-order valence-electron chi connectivity index (χ4n) is 6.12. The average molecular weight is 805 g/mol. The molecule has 1 unspecified atom stereocenters. The molecule has 0 bridgehead atoms. The quantitative estimate of drug-likeness (QED) is 0.0349. The lowest BCUT2D eigenvalue weighted by molar-refractivity contribution is -0.162. The summed E-state index contributed by atoms with van der Waals surface area (Å²) in [4.78, 5) is 25.2. The van der Waals surface area contributed by atoms with E-state index in [1.54, 1.807) is 0 Å². The maximum Gasteiger partial charge on any atom is 0.306 e. The Hall–Kier alpha value is -3.18. The third kappa shape index (κ3) is 45.5. The number of allylic oxidation sites excluding steroid dienone is 16. The van der Waals surface area contributed by atoms with E-state index < -0.39 is 6.10 Å². The molecular formula is C53H88O5. The summed E-state index contributed by atoms with van der Waals surface area (Å²) in [6, 6.07) is 0. The molecule has 0 saturated heterocycles. The molecule has 0 radical (unpaired) electrons. The van der Waals surface area contributed by atoms with Crippen molar-refractivity contribution in [1.29, 1.82) is 0 Å². The summed E-state index contributed by atoms with van der Waals surface area (Å²) in [6.07, 6.45) is 64.3. The van der Waals surface area contributed by atoms with Crippen molar-refractivity contribution in [3.05, 3.63) is 97.2 Å². The van der Waals surface area contributed by atoms with E-state index in [0.29, 0.717) is 25.9 Å². The summed E-state index contributed by atoms with van der Waals surface area (Å²) < 4.78 is 17.2. The molecule has 0 amide bonds. The van der Waals surface area contributed by atoms with Gasteiger partial charge in [0.2, 0.25) is 0 Å². The van der Waals surface area contributed by atoms with Crippen molar-refractivity contribution in [3.8, 4) is 0 Å². The van der Waals surface area contributed by atoms with Gasteiger partial charge in [0.25, 0.3) is 0 Å². The molecule has 0 spiro atoms. The van der Waals surface area contributed by atoms with E-state index >= 15 is 0 Å². The molecule has 0 aromatic carbocycles. The van der Waals surface area contributed by atoms with Gasteiger partial charge in [0.05, 0.1) is 6.61 Å². The second-order valence-corrected chi connectivity index (χ2v) is 15.2. The largest absolute Gasteiger partial charge is 0.462 e. The molecule has 0 aliphatic rings. The lowest BCUT2D eigenvalue weighted by Crippen LogP contribution is -2.30. The van der Waals surface area contributed by atoms with Crippen molar-refractivity contribution in [2.24, 2.45) is 0 Å². The molecule has 0 aromatic rings. The van der Waals surface area contributed by atoms with Crippen molar-refractivity contribution < 1.29 is 23.8 Å². The number of esters is 2. The number of hydrogen-bond acceptors (Lipinski definition) is 5. The van der Waals surface area contributed by atoms with Crippen molar-refractivity contribution in [2.75, 3.05) is 19.8 Å². The van der Waals surface area contributed by atoms with Crippen LogP contribution in [0.5, 0.6) is 0 Å². The molecule has 5 nitrogen and oxygen atoms in total. The lowest BCUT2D eigenvalue weighted by atomic mass is 10.1. The Morgan fingerprint density at radius 2 is 0.810 bits per heavy atom. The van der Waals surface area contributed by atoms with E-state index in [0.717, 1.165) is 83.5 Å². The minimum Gasteiger partial charge on any atom is -0.462 e. The van der Waals surface area contributed by atoms with Gasteiger partial charge < -0.3 is 14.2 Å². The van der Waals surface area contributed by atoms with Crippen LogP contribution in [-0.4, -0.2) is 37.9 Å². The van der Waals surface area contributed by atoms with Crippen molar-refractivity contribution in [3.63, 3.8) is 0 Å². The van der Waals surface area contributed by atoms with Gasteiger partial charge in [-0.2, -0.15) is 0 Å². The van der Waals surface area contributed by atoms with E-state index in [2.05, 4.69) is 112 Å². The predicted octanol–water partition coefficient (Wildman–Crippen LogP) is 15.9. The maximum absolute atomic E-state index is 12.7. The Kier molecular flexibility index (Phi) is 45.5. The number of carbonyl (C=O) groups excluding carboxylic acids is 2. The summed E-state index contributed by atoms with van der Waals surface area (Å²) in [6.45, 7) is 7.46. The molecule has 0 aliphatic heterocycles. The highest BCUT2D eigenvalue weighted by Gasteiger charge is 2.17. The molecule has 58 heavy (non-hydrogen) atoms. The highest BCUT2D eigenvalue weighted by atomic mass is 16.6. The number of unbranched alkanes of at least 4 members (excludes halogenated alkanes) is 15. The molecule has 0 N–H and O–H groups in total. The van der Waals surface area contributed by atoms with Crippen LogP contribution in [0.25, 0.3) is 0 Å². The Labute approximate surface area is 358 Å². The molecule has 5 heteroatoms. The van der Waals surface area contributed by atoms with E-state index in [9.17, 15) is 9.59 Å². The van der Waals surface area contributed by atoms with Gasteiger partial charge in [-0.25, -0.2) is 0 Å². The fourth-order valence-corrected chi connectivity index (χ4v) is 6.12. The highest BCUT2D eigenvalue weighted by Crippen LogP contribution is 2.12. The van der Waals surface area contributed by atoms with E-state index in [1.807, 2.05) is 6.08 Å². The first-order valence-electron chi connectivity index (χ1n) is 23.8. The van der Waals surface area contributed by atoms with Gasteiger partial charge in [-0.15, -0.1) is 0 Å². The van der Waals surface area contributed by atoms with E-state index in [1.165, 1.54) is 77.0 Å². The van der Waals surface area contributed by atoms with Gasteiger partial charge in [0, 0.05) is 19.4 Å². The predicted molar refractivity (Wildman–Crippen MR) is 251 cm³/mol. The van der Waals surface area contributed by atoms with Crippen LogP contribution in [0.1, 0.15) is 201 Å². The monoisotopic (exact) mass is 805 g/mol. The van der Waals surface area contributed by atoms with E-state index in [4.69, 9.17) is 14.2 Å². The Balaban J connectivity index is 4.41. The van der Waals surface area contributed by atoms with Crippen LogP contribution in [-0.2, 0) is 23.8 Å².